The van der Waals surface area contributed by atoms with Gasteiger partial charge >= 0.3 is 0 Å². The molecule has 1 aliphatic carbocycles. The lowest BCUT2D eigenvalue weighted by molar-refractivity contribution is -0.134. The Kier molecular flexibility index (Phi) is 2.59. The highest BCUT2D eigenvalue weighted by Gasteiger charge is 2.33. The van der Waals surface area contributed by atoms with Gasteiger partial charge < -0.3 is 10.6 Å². The van der Waals surface area contributed by atoms with Crippen LogP contribution >= 0.6 is 0 Å². The summed E-state index contributed by atoms with van der Waals surface area (Å²) in [5, 5.41) is 0. The van der Waals surface area contributed by atoms with Crippen molar-refractivity contribution in [3.63, 3.8) is 0 Å². The maximum absolute atomic E-state index is 12.0. The van der Waals surface area contributed by atoms with E-state index in [2.05, 4.69) is 19.1 Å². The second kappa shape index (κ2) is 3.73. The fourth-order valence-electron chi connectivity index (χ4n) is 2.25. The Labute approximate surface area is 84.9 Å². The zero-order valence-electron chi connectivity index (χ0n) is 8.65. The highest BCUT2D eigenvalue weighted by molar-refractivity contribution is 5.80. The molecule has 0 bridgehead atoms. The Bertz CT molecular complexity index is 244. The SMILES string of the molecule is CC1CN(C(=O)C2CC=CC2)CC1N. The molecule has 0 aromatic carbocycles. The molecule has 1 aliphatic heterocycles. The average molecular weight is 194 g/mol. The number of rotatable bonds is 1. The lowest BCUT2D eigenvalue weighted by Crippen LogP contribution is -2.35. The first-order valence-electron chi connectivity index (χ1n) is 5.38. The summed E-state index contributed by atoms with van der Waals surface area (Å²) in [4.78, 5) is 13.9. The van der Waals surface area contributed by atoms with Crippen LogP contribution in [0.2, 0.25) is 0 Å². The van der Waals surface area contributed by atoms with E-state index >= 15 is 0 Å². The van der Waals surface area contributed by atoms with Crippen LogP contribution in [0.5, 0.6) is 0 Å². The lowest BCUT2D eigenvalue weighted by atomic mass is 10.1. The van der Waals surface area contributed by atoms with E-state index in [0.29, 0.717) is 11.8 Å². The van der Waals surface area contributed by atoms with Gasteiger partial charge in [-0.15, -0.1) is 0 Å². The van der Waals surface area contributed by atoms with E-state index in [1.165, 1.54) is 0 Å². The van der Waals surface area contributed by atoms with Gasteiger partial charge in [-0.2, -0.15) is 0 Å². The summed E-state index contributed by atoms with van der Waals surface area (Å²) < 4.78 is 0. The Morgan fingerprint density at radius 1 is 1.36 bits per heavy atom. The standard InChI is InChI=1S/C11H18N2O/c1-8-6-13(7-10(8)12)11(14)9-4-2-3-5-9/h2-3,8-10H,4-7,12H2,1H3. The van der Waals surface area contributed by atoms with Crippen molar-refractivity contribution in [2.24, 2.45) is 17.6 Å². The molecular weight excluding hydrogens is 176 g/mol. The van der Waals surface area contributed by atoms with Crippen LogP contribution in [0.25, 0.3) is 0 Å². The van der Waals surface area contributed by atoms with Crippen LogP contribution in [0, 0.1) is 11.8 Å². The number of carbonyl (C=O) groups excluding carboxylic acids is 1. The van der Waals surface area contributed by atoms with Crippen LogP contribution in [-0.4, -0.2) is 29.9 Å². The van der Waals surface area contributed by atoms with E-state index in [-0.39, 0.29) is 12.0 Å². The van der Waals surface area contributed by atoms with Crippen LogP contribution in [0.4, 0.5) is 0 Å². The first-order chi connectivity index (χ1) is 6.68. The van der Waals surface area contributed by atoms with Gasteiger partial charge in [-0.25, -0.2) is 0 Å². The summed E-state index contributed by atoms with van der Waals surface area (Å²) in [6.07, 6.45) is 6.03. The number of allylic oxidation sites excluding steroid dienone is 2. The highest BCUT2D eigenvalue weighted by atomic mass is 16.2. The Morgan fingerprint density at radius 2 is 2.00 bits per heavy atom. The summed E-state index contributed by atoms with van der Waals surface area (Å²) in [5.41, 5.74) is 5.90. The molecule has 1 heterocycles. The minimum absolute atomic E-state index is 0.174. The minimum Gasteiger partial charge on any atom is -0.341 e. The van der Waals surface area contributed by atoms with Crippen molar-refractivity contribution in [1.82, 2.24) is 4.90 Å². The quantitative estimate of drug-likeness (QED) is 0.626. The Balaban J connectivity index is 1.93. The number of nitrogens with zero attached hydrogens (tertiary/aromatic N) is 1. The van der Waals surface area contributed by atoms with Gasteiger partial charge in [-0.1, -0.05) is 19.1 Å². The molecule has 3 nitrogen and oxygen atoms in total. The van der Waals surface area contributed by atoms with E-state index in [0.717, 1.165) is 25.9 Å². The maximum Gasteiger partial charge on any atom is 0.226 e. The van der Waals surface area contributed by atoms with Crippen LogP contribution in [0.1, 0.15) is 19.8 Å². The van der Waals surface area contributed by atoms with E-state index in [4.69, 9.17) is 5.73 Å². The Morgan fingerprint density at radius 3 is 2.50 bits per heavy atom. The third-order valence-electron chi connectivity index (χ3n) is 3.34. The molecule has 14 heavy (non-hydrogen) atoms. The van der Waals surface area contributed by atoms with E-state index in [9.17, 15) is 4.79 Å². The van der Waals surface area contributed by atoms with Crippen molar-refractivity contribution < 1.29 is 4.79 Å². The predicted octanol–water partition coefficient (Wildman–Crippen LogP) is 0.758. The van der Waals surface area contributed by atoms with Crippen molar-refractivity contribution in [1.29, 1.82) is 0 Å². The molecule has 1 fully saturated rings. The summed E-state index contributed by atoms with van der Waals surface area (Å²) in [6, 6.07) is 0.174. The number of likely N-dealkylation sites (tertiary alicyclic amines) is 1. The molecule has 0 radical (unpaired) electrons. The van der Waals surface area contributed by atoms with Gasteiger partial charge in [0.1, 0.15) is 0 Å². The smallest absolute Gasteiger partial charge is 0.226 e. The van der Waals surface area contributed by atoms with Gasteiger partial charge in [0, 0.05) is 25.0 Å². The van der Waals surface area contributed by atoms with Crippen LogP contribution < -0.4 is 5.73 Å². The summed E-state index contributed by atoms with van der Waals surface area (Å²) in [5.74, 6) is 0.954. The van der Waals surface area contributed by atoms with Crippen molar-refractivity contribution in [3.05, 3.63) is 12.2 Å². The van der Waals surface area contributed by atoms with Crippen molar-refractivity contribution in [2.75, 3.05) is 13.1 Å². The molecule has 2 rings (SSSR count). The molecular formula is C11H18N2O. The van der Waals surface area contributed by atoms with Gasteiger partial charge in [-0.3, -0.25) is 4.79 Å². The summed E-state index contributed by atoms with van der Waals surface area (Å²) in [7, 11) is 0. The molecule has 2 unspecified atom stereocenters. The second-order valence-corrected chi connectivity index (χ2v) is 4.52. The largest absolute Gasteiger partial charge is 0.341 e. The van der Waals surface area contributed by atoms with Crippen molar-refractivity contribution in [2.45, 2.75) is 25.8 Å². The van der Waals surface area contributed by atoms with Gasteiger partial charge in [0.25, 0.3) is 0 Å². The third-order valence-corrected chi connectivity index (χ3v) is 3.34. The molecule has 0 saturated carbocycles. The summed E-state index contributed by atoms with van der Waals surface area (Å²) >= 11 is 0. The first kappa shape index (κ1) is 9.71. The topological polar surface area (TPSA) is 46.3 Å². The number of carbonyl (C=O) groups is 1. The molecule has 2 aliphatic rings. The van der Waals surface area contributed by atoms with Crippen LogP contribution in [0.3, 0.4) is 0 Å². The van der Waals surface area contributed by atoms with Gasteiger partial charge in [-0.05, 0) is 18.8 Å². The number of amides is 1. The number of hydrogen-bond acceptors (Lipinski definition) is 2. The normalized spacial score (nSPS) is 32.9. The molecule has 0 spiro atoms. The van der Waals surface area contributed by atoms with Gasteiger partial charge in [0.2, 0.25) is 5.91 Å². The van der Waals surface area contributed by atoms with Crippen molar-refractivity contribution in [3.8, 4) is 0 Å². The fraction of sp³-hybridized carbons (Fsp3) is 0.727. The molecule has 0 aromatic rings. The molecule has 2 N–H and O–H groups in total. The molecule has 1 amide bonds. The average Bonchev–Trinajstić information content (AvgIpc) is 2.76. The zero-order valence-corrected chi connectivity index (χ0v) is 8.65. The molecule has 1 saturated heterocycles. The molecule has 78 valence electrons. The first-order valence-corrected chi connectivity index (χ1v) is 5.38. The molecule has 2 atom stereocenters. The van der Waals surface area contributed by atoms with E-state index in [1.54, 1.807) is 0 Å². The zero-order chi connectivity index (χ0) is 10.1. The Hall–Kier alpha value is -0.830. The lowest BCUT2D eigenvalue weighted by Gasteiger charge is -2.19. The van der Waals surface area contributed by atoms with Crippen LogP contribution in [-0.2, 0) is 4.79 Å². The summed E-state index contributed by atoms with van der Waals surface area (Å²) in [6.45, 7) is 3.71. The third kappa shape index (κ3) is 1.69. The number of hydrogen-bond donors (Lipinski definition) is 1. The molecule has 3 heteroatoms. The minimum atomic E-state index is 0.174. The predicted molar refractivity (Wildman–Crippen MR) is 55.6 cm³/mol. The second-order valence-electron chi connectivity index (χ2n) is 4.52. The van der Waals surface area contributed by atoms with Crippen molar-refractivity contribution >= 4 is 5.91 Å². The molecule has 0 aromatic heterocycles. The monoisotopic (exact) mass is 194 g/mol. The highest BCUT2D eigenvalue weighted by Crippen LogP contribution is 2.23. The van der Waals surface area contributed by atoms with E-state index in [1.807, 2.05) is 4.90 Å². The fourth-order valence-corrected chi connectivity index (χ4v) is 2.25. The van der Waals surface area contributed by atoms with Crippen LogP contribution in [0.15, 0.2) is 12.2 Å². The van der Waals surface area contributed by atoms with E-state index < -0.39 is 0 Å². The maximum atomic E-state index is 12.0. The number of nitrogens with two attached hydrogens (primary N) is 1. The van der Waals surface area contributed by atoms with Gasteiger partial charge in [0.05, 0.1) is 0 Å². The van der Waals surface area contributed by atoms with Gasteiger partial charge in [0.15, 0.2) is 0 Å².